The minimum absolute atomic E-state index is 0.0385. The van der Waals surface area contributed by atoms with Crippen LogP contribution in [0.15, 0.2) is 60.7 Å². The van der Waals surface area contributed by atoms with Gasteiger partial charge in [-0.2, -0.15) is 0 Å². The molecule has 1 saturated heterocycles. The average Bonchev–Trinajstić information content (AvgIpc) is 2.87. The first-order valence-electron chi connectivity index (χ1n) is 10.6. The van der Waals surface area contributed by atoms with Gasteiger partial charge in [0.15, 0.2) is 17.3 Å². The van der Waals surface area contributed by atoms with Gasteiger partial charge in [0.1, 0.15) is 0 Å². The molecular weight excluding hydrogens is 406 g/mol. The molecule has 1 aliphatic rings. The number of nitrogens with zero attached hydrogens (tertiary/aromatic N) is 4. The second kappa shape index (κ2) is 10.00. The normalized spacial score (nSPS) is 13.6. The zero-order valence-electron chi connectivity index (χ0n) is 18.3. The topological polar surface area (TPSA) is 79.8 Å². The van der Waals surface area contributed by atoms with E-state index in [4.69, 9.17) is 9.47 Å². The molecule has 4 rings (SSSR count). The van der Waals surface area contributed by atoms with E-state index in [2.05, 4.69) is 20.4 Å². The Morgan fingerprint density at radius 1 is 0.906 bits per heavy atom. The Labute approximate surface area is 187 Å². The molecule has 1 fully saturated rings. The predicted molar refractivity (Wildman–Crippen MR) is 123 cm³/mol. The van der Waals surface area contributed by atoms with E-state index < -0.39 is 0 Å². The van der Waals surface area contributed by atoms with Crippen LogP contribution in [0, 0.1) is 0 Å². The SMILES string of the molecule is COc1ccc(-c2ccc(N3CCN(C(=O)NCc4ccccc4)CC3)nn2)cc1OC. The van der Waals surface area contributed by atoms with Crippen molar-refractivity contribution in [3.05, 3.63) is 66.2 Å². The van der Waals surface area contributed by atoms with Crippen LogP contribution in [0.4, 0.5) is 10.6 Å². The first-order valence-corrected chi connectivity index (χ1v) is 10.6. The van der Waals surface area contributed by atoms with Crippen LogP contribution >= 0.6 is 0 Å². The number of methoxy groups -OCH3 is 2. The van der Waals surface area contributed by atoms with E-state index in [1.165, 1.54) is 0 Å². The Morgan fingerprint density at radius 2 is 1.66 bits per heavy atom. The number of urea groups is 1. The highest BCUT2D eigenvalue weighted by Crippen LogP contribution is 2.31. The number of hydrogen-bond donors (Lipinski definition) is 1. The fraction of sp³-hybridized carbons (Fsp3) is 0.292. The fourth-order valence-corrected chi connectivity index (χ4v) is 3.67. The Hall–Kier alpha value is -3.81. The van der Waals surface area contributed by atoms with Crippen LogP contribution in [0.1, 0.15) is 5.56 Å². The molecule has 0 bridgehead atoms. The van der Waals surface area contributed by atoms with E-state index in [9.17, 15) is 4.79 Å². The molecule has 2 amide bonds. The van der Waals surface area contributed by atoms with E-state index >= 15 is 0 Å². The first-order chi connectivity index (χ1) is 15.7. The zero-order chi connectivity index (χ0) is 22.3. The highest BCUT2D eigenvalue weighted by molar-refractivity contribution is 5.74. The maximum atomic E-state index is 12.5. The zero-order valence-corrected chi connectivity index (χ0v) is 18.3. The summed E-state index contributed by atoms with van der Waals surface area (Å²) in [6, 6.07) is 19.4. The van der Waals surface area contributed by atoms with E-state index in [1.54, 1.807) is 14.2 Å². The van der Waals surface area contributed by atoms with Gasteiger partial charge >= 0.3 is 6.03 Å². The average molecular weight is 434 g/mol. The molecule has 0 spiro atoms. The summed E-state index contributed by atoms with van der Waals surface area (Å²) in [5.74, 6) is 2.13. The molecule has 1 N–H and O–H groups in total. The quantitative estimate of drug-likeness (QED) is 0.643. The lowest BCUT2D eigenvalue weighted by Gasteiger charge is -2.35. The number of nitrogens with one attached hydrogen (secondary N) is 1. The maximum Gasteiger partial charge on any atom is 0.317 e. The Morgan fingerprint density at radius 3 is 2.31 bits per heavy atom. The van der Waals surface area contributed by atoms with E-state index in [1.807, 2.05) is 65.6 Å². The van der Waals surface area contributed by atoms with Crippen LogP contribution in [-0.2, 0) is 6.54 Å². The van der Waals surface area contributed by atoms with Gasteiger partial charge in [0.25, 0.3) is 0 Å². The van der Waals surface area contributed by atoms with Crippen molar-refractivity contribution in [3.63, 3.8) is 0 Å². The number of anilines is 1. The highest BCUT2D eigenvalue weighted by Gasteiger charge is 2.22. The van der Waals surface area contributed by atoms with Gasteiger partial charge in [0, 0.05) is 38.3 Å². The maximum absolute atomic E-state index is 12.5. The summed E-state index contributed by atoms with van der Waals surface area (Å²) in [4.78, 5) is 16.4. The molecule has 32 heavy (non-hydrogen) atoms. The van der Waals surface area contributed by atoms with Crippen molar-refractivity contribution in [2.75, 3.05) is 45.3 Å². The number of ether oxygens (including phenoxy) is 2. The monoisotopic (exact) mass is 433 g/mol. The van der Waals surface area contributed by atoms with E-state index in [0.717, 1.165) is 22.6 Å². The van der Waals surface area contributed by atoms with Crippen molar-refractivity contribution >= 4 is 11.8 Å². The van der Waals surface area contributed by atoms with Crippen molar-refractivity contribution in [3.8, 4) is 22.8 Å². The molecule has 166 valence electrons. The van der Waals surface area contributed by atoms with Crippen molar-refractivity contribution in [1.82, 2.24) is 20.4 Å². The van der Waals surface area contributed by atoms with Gasteiger partial charge in [-0.1, -0.05) is 30.3 Å². The Balaban J connectivity index is 1.32. The van der Waals surface area contributed by atoms with Crippen molar-refractivity contribution < 1.29 is 14.3 Å². The number of hydrogen-bond acceptors (Lipinski definition) is 6. The Kier molecular flexibility index (Phi) is 6.69. The van der Waals surface area contributed by atoms with E-state index in [0.29, 0.717) is 44.2 Å². The largest absolute Gasteiger partial charge is 0.493 e. The van der Waals surface area contributed by atoms with Gasteiger partial charge in [0.05, 0.1) is 19.9 Å². The van der Waals surface area contributed by atoms with E-state index in [-0.39, 0.29) is 6.03 Å². The lowest BCUT2D eigenvalue weighted by atomic mass is 10.1. The second-order valence-corrected chi connectivity index (χ2v) is 7.46. The third kappa shape index (κ3) is 4.91. The van der Waals surface area contributed by atoms with Crippen LogP contribution in [0.5, 0.6) is 11.5 Å². The molecule has 8 heteroatoms. The summed E-state index contributed by atoms with van der Waals surface area (Å²) < 4.78 is 10.7. The molecule has 2 aromatic carbocycles. The van der Waals surface area contributed by atoms with Gasteiger partial charge in [-0.15, -0.1) is 10.2 Å². The molecule has 0 aliphatic carbocycles. The van der Waals surface area contributed by atoms with Crippen molar-refractivity contribution in [2.45, 2.75) is 6.54 Å². The molecule has 0 atom stereocenters. The van der Waals surface area contributed by atoms with Crippen LogP contribution in [-0.4, -0.2) is 61.5 Å². The third-order valence-corrected chi connectivity index (χ3v) is 5.51. The summed E-state index contributed by atoms with van der Waals surface area (Å²) in [6.45, 7) is 3.23. The molecule has 3 aromatic rings. The van der Waals surface area contributed by atoms with Gasteiger partial charge in [0.2, 0.25) is 0 Å². The van der Waals surface area contributed by atoms with Crippen LogP contribution < -0.4 is 19.7 Å². The Bertz CT molecular complexity index is 1040. The minimum Gasteiger partial charge on any atom is -0.493 e. The molecule has 0 radical (unpaired) electrons. The van der Waals surface area contributed by atoms with Crippen molar-refractivity contribution in [1.29, 1.82) is 0 Å². The second-order valence-electron chi connectivity index (χ2n) is 7.46. The third-order valence-electron chi connectivity index (χ3n) is 5.51. The number of benzene rings is 2. The van der Waals surface area contributed by atoms with Crippen LogP contribution in [0.25, 0.3) is 11.3 Å². The number of rotatable bonds is 6. The number of carbonyl (C=O) groups is 1. The minimum atomic E-state index is -0.0385. The molecule has 0 unspecified atom stereocenters. The lowest BCUT2D eigenvalue weighted by Crippen LogP contribution is -2.51. The summed E-state index contributed by atoms with van der Waals surface area (Å²) in [6.07, 6.45) is 0. The molecule has 1 aromatic heterocycles. The highest BCUT2D eigenvalue weighted by atomic mass is 16.5. The number of piperazine rings is 1. The molecular formula is C24H27N5O3. The van der Waals surface area contributed by atoms with Crippen LogP contribution in [0.2, 0.25) is 0 Å². The summed E-state index contributed by atoms with van der Waals surface area (Å²) in [7, 11) is 3.22. The summed E-state index contributed by atoms with van der Waals surface area (Å²) in [5, 5.41) is 11.8. The molecule has 2 heterocycles. The predicted octanol–water partition coefficient (Wildman–Crippen LogP) is 3.19. The molecule has 1 aliphatic heterocycles. The van der Waals surface area contributed by atoms with Crippen molar-refractivity contribution in [2.24, 2.45) is 0 Å². The van der Waals surface area contributed by atoms with Gasteiger partial charge < -0.3 is 24.6 Å². The summed E-state index contributed by atoms with van der Waals surface area (Å²) >= 11 is 0. The van der Waals surface area contributed by atoms with Crippen LogP contribution in [0.3, 0.4) is 0 Å². The lowest BCUT2D eigenvalue weighted by molar-refractivity contribution is 0.194. The number of amides is 2. The summed E-state index contributed by atoms with van der Waals surface area (Å²) in [5.41, 5.74) is 2.75. The fourth-order valence-electron chi connectivity index (χ4n) is 3.67. The molecule has 0 saturated carbocycles. The first kappa shape index (κ1) is 21.4. The standard InChI is InChI=1S/C24H27N5O3/c1-31-21-10-8-19(16-22(21)32-2)20-9-11-23(27-26-20)28-12-14-29(15-13-28)24(30)25-17-18-6-4-3-5-7-18/h3-11,16H,12-15,17H2,1-2H3,(H,25,30). The van der Waals surface area contributed by atoms with Gasteiger partial charge in [-0.05, 0) is 35.9 Å². The number of aromatic nitrogens is 2. The molecule has 8 nitrogen and oxygen atoms in total. The van der Waals surface area contributed by atoms with Gasteiger partial charge in [-0.25, -0.2) is 4.79 Å². The smallest absolute Gasteiger partial charge is 0.317 e. The van der Waals surface area contributed by atoms with Gasteiger partial charge in [-0.3, -0.25) is 0 Å². The number of carbonyl (C=O) groups excluding carboxylic acids is 1.